The summed E-state index contributed by atoms with van der Waals surface area (Å²) in [5, 5.41) is 2.79. The largest absolute Gasteiger partial charge is 0.449 e. The molecule has 0 bridgehead atoms. The molecular formula is C16H21BrN2O4. The molecule has 1 aromatic rings. The first-order valence-electron chi connectivity index (χ1n) is 7.60. The minimum atomic E-state index is -0.828. The molecule has 23 heavy (non-hydrogen) atoms. The summed E-state index contributed by atoms with van der Waals surface area (Å²) in [4.78, 5) is 26.2. The van der Waals surface area contributed by atoms with Crippen LogP contribution in [0.3, 0.4) is 0 Å². The Bertz CT molecular complexity index is 547. The van der Waals surface area contributed by atoms with E-state index in [2.05, 4.69) is 26.1 Å². The van der Waals surface area contributed by atoms with Gasteiger partial charge in [-0.2, -0.15) is 0 Å². The Morgan fingerprint density at radius 3 is 2.83 bits per heavy atom. The first-order valence-corrected chi connectivity index (χ1v) is 8.40. The normalized spacial score (nSPS) is 16.6. The highest BCUT2D eigenvalue weighted by Crippen LogP contribution is 2.13. The van der Waals surface area contributed by atoms with Crippen molar-refractivity contribution in [1.82, 2.24) is 10.2 Å². The van der Waals surface area contributed by atoms with Crippen molar-refractivity contribution < 1.29 is 19.1 Å². The van der Waals surface area contributed by atoms with Crippen LogP contribution < -0.4 is 5.32 Å². The van der Waals surface area contributed by atoms with Gasteiger partial charge in [-0.1, -0.05) is 22.0 Å². The average Bonchev–Trinajstić information content (AvgIpc) is 2.55. The summed E-state index contributed by atoms with van der Waals surface area (Å²) in [6.45, 7) is 6.08. The van der Waals surface area contributed by atoms with Crippen LogP contribution in [-0.4, -0.2) is 62.3 Å². The molecule has 1 amide bonds. The molecule has 6 nitrogen and oxygen atoms in total. The smallest absolute Gasteiger partial charge is 0.338 e. The molecule has 0 aromatic heterocycles. The Morgan fingerprint density at radius 2 is 2.13 bits per heavy atom. The number of hydrogen-bond acceptors (Lipinski definition) is 5. The van der Waals surface area contributed by atoms with Gasteiger partial charge in [0.05, 0.1) is 18.8 Å². The van der Waals surface area contributed by atoms with Gasteiger partial charge in [-0.25, -0.2) is 4.79 Å². The van der Waals surface area contributed by atoms with Gasteiger partial charge in [0.25, 0.3) is 5.91 Å². The minimum Gasteiger partial charge on any atom is -0.449 e. The number of ether oxygens (including phenoxy) is 2. The maximum absolute atomic E-state index is 12.0. The van der Waals surface area contributed by atoms with E-state index in [4.69, 9.17) is 9.47 Å². The van der Waals surface area contributed by atoms with Crippen molar-refractivity contribution in [3.05, 3.63) is 34.3 Å². The standard InChI is InChI=1S/C16H21BrN2O4/c1-12(23-16(21)13-3-2-4-14(17)11-13)15(20)18-5-6-19-7-9-22-10-8-19/h2-4,11-12H,5-10H2,1H3,(H,18,20)/t12-/m1/s1. The molecule has 0 unspecified atom stereocenters. The van der Waals surface area contributed by atoms with Crippen LogP contribution in [0.25, 0.3) is 0 Å². The van der Waals surface area contributed by atoms with E-state index in [1.54, 1.807) is 25.1 Å². The minimum absolute atomic E-state index is 0.290. The second kappa shape index (κ2) is 9.00. The zero-order valence-corrected chi connectivity index (χ0v) is 14.7. The highest BCUT2D eigenvalue weighted by Gasteiger charge is 2.19. The fourth-order valence-electron chi connectivity index (χ4n) is 2.20. The summed E-state index contributed by atoms with van der Waals surface area (Å²) in [7, 11) is 0. The number of esters is 1. The van der Waals surface area contributed by atoms with Crippen LogP contribution in [0.15, 0.2) is 28.7 Å². The summed E-state index contributed by atoms with van der Waals surface area (Å²) >= 11 is 3.30. The Hall–Kier alpha value is -1.44. The maximum atomic E-state index is 12.0. The number of nitrogens with zero attached hydrogens (tertiary/aromatic N) is 1. The van der Waals surface area contributed by atoms with Crippen molar-refractivity contribution in [3.8, 4) is 0 Å². The van der Waals surface area contributed by atoms with Crippen LogP contribution in [0, 0.1) is 0 Å². The van der Waals surface area contributed by atoms with Crippen LogP contribution in [0.5, 0.6) is 0 Å². The Morgan fingerprint density at radius 1 is 1.39 bits per heavy atom. The van der Waals surface area contributed by atoms with Crippen molar-refractivity contribution in [2.45, 2.75) is 13.0 Å². The molecule has 7 heteroatoms. The van der Waals surface area contributed by atoms with Gasteiger partial charge >= 0.3 is 5.97 Å². The Kier molecular flexibility index (Phi) is 7.01. The quantitative estimate of drug-likeness (QED) is 0.751. The van der Waals surface area contributed by atoms with E-state index < -0.39 is 12.1 Å². The first kappa shape index (κ1) is 17.9. The molecule has 0 spiro atoms. The molecule has 1 heterocycles. The monoisotopic (exact) mass is 384 g/mol. The number of halogens is 1. The number of rotatable bonds is 6. The number of benzene rings is 1. The summed E-state index contributed by atoms with van der Waals surface area (Å²) in [6, 6.07) is 6.87. The van der Waals surface area contributed by atoms with Crippen LogP contribution in [0.1, 0.15) is 17.3 Å². The van der Waals surface area contributed by atoms with Gasteiger partial charge in [0.2, 0.25) is 0 Å². The van der Waals surface area contributed by atoms with Crippen LogP contribution in [0.2, 0.25) is 0 Å². The molecule has 2 rings (SSSR count). The number of nitrogens with one attached hydrogen (secondary N) is 1. The molecule has 1 aromatic carbocycles. The second-order valence-corrected chi connectivity index (χ2v) is 6.22. The van der Waals surface area contributed by atoms with Crippen molar-refractivity contribution >= 4 is 27.8 Å². The molecule has 1 aliphatic rings. The maximum Gasteiger partial charge on any atom is 0.338 e. The van der Waals surface area contributed by atoms with E-state index >= 15 is 0 Å². The van der Waals surface area contributed by atoms with E-state index in [0.717, 1.165) is 37.3 Å². The van der Waals surface area contributed by atoms with Gasteiger partial charge in [0.15, 0.2) is 6.10 Å². The summed E-state index contributed by atoms with van der Waals surface area (Å²) in [6.07, 6.45) is -0.828. The van der Waals surface area contributed by atoms with Gasteiger partial charge in [0, 0.05) is 30.7 Å². The van der Waals surface area contributed by atoms with Crippen LogP contribution in [-0.2, 0) is 14.3 Å². The molecule has 1 fully saturated rings. The number of amides is 1. The van der Waals surface area contributed by atoms with Gasteiger partial charge < -0.3 is 14.8 Å². The molecule has 0 saturated carbocycles. The van der Waals surface area contributed by atoms with Crippen molar-refractivity contribution in [2.75, 3.05) is 39.4 Å². The van der Waals surface area contributed by atoms with Crippen molar-refractivity contribution in [3.63, 3.8) is 0 Å². The molecule has 0 aliphatic carbocycles. The second-order valence-electron chi connectivity index (χ2n) is 5.30. The lowest BCUT2D eigenvalue weighted by molar-refractivity contribution is -0.129. The first-order chi connectivity index (χ1) is 11.1. The number of carbonyl (C=O) groups excluding carboxylic acids is 2. The lowest BCUT2D eigenvalue weighted by atomic mass is 10.2. The van der Waals surface area contributed by atoms with Crippen molar-refractivity contribution in [1.29, 1.82) is 0 Å². The fraction of sp³-hybridized carbons (Fsp3) is 0.500. The van der Waals surface area contributed by atoms with Crippen molar-refractivity contribution in [2.24, 2.45) is 0 Å². The molecule has 126 valence electrons. The molecule has 1 atom stereocenters. The molecule has 0 radical (unpaired) electrons. The van der Waals surface area contributed by atoms with Crippen LogP contribution in [0.4, 0.5) is 0 Å². The fourth-order valence-corrected chi connectivity index (χ4v) is 2.60. The van der Waals surface area contributed by atoms with E-state index in [0.29, 0.717) is 12.1 Å². The lowest BCUT2D eigenvalue weighted by Crippen LogP contribution is -2.43. The Labute approximate surface area is 144 Å². The summed E-state index contributed by atoms with van der Waals surface area (Å²) < 4.78 is 11.2. The molecular weight excluding hydrogens is 364 g/mol. The third-order valence-corrected chi connectivity index (χ3v) is 4.04. The van der Waals surface area contributed by atoms with E-state index in [1.165, 1.54) is 0 Å². The van der Waals surface area contributed by atoms with E-state index in [9.17, 15) is 9.59 Å². The Balaban J connectivity index is 1.72. The highest BCUT2D eigenvalue weighted by molar-refractivity contribution is 9.10. The van der Waals surface area contributed by atoms with Gasteiger partial charge in [-0.05, 0) is 25.1 Å². The van der Waals surface area contributed by atoms with E-state index in [1.807, 2.05) is 6.07 Å². The summed E-state index contributed by atoms with van der Waals surface area (Å²) in [5.74, 6) is -0.802. The highest BCUT2D eigenvalue weighted by atomic mass is 79.9. The molecule has 1 aliphatic heterocycles. The predicted molar refractivity (Wildman–Crippen MR) is 89.3 cm³/mol. The number of carbonyl (C=O) groups is 2. The predicted octanol–water partition coefficient (Wildman–Crippen LogP) is 1.44. The van der Waals surface area contributed by atoms with E-state index in [-0.39, 0.29) is 5.91 Å². The average molecular weight is 385 g/mol. The number of hydrogen-bond donors (Lipinski definition) is 1. The third kappa shape index (κ3) is 5.93. The zero-order chi connectivity index (χ0) is 16.7. The summed E-state index contributed by atoms with van der Waals surface area (Å²) in [5.41, 5.74) is 0.410. The number of morpholine rings is 1. The third-order valence-electron chi connectivity index (χ3n) is 3.54. The van der Waals surface area contributed by atoms with Crippen LogP contribution >= 0.6 is 15.9 Å². The SMILES string of the molecule is C[C@@H](OC(=O)c1cccc(Br)c1)C(=O)NCCN1CCOCC1. The molecule has 1 N–H and O–H groups in total. The van der Waals surface area contributed by atoms with Gasteiger partial charge in [-0.3, -0.25) is 9.69 Å². The lowest BCUT2D eigenvalue weighted by Gasteiger charge is -2.26. The topological polar surface area (TPSA) is 67.9 Å². The zero-order valence-electron chi connectivity index (χ0n) is 13.1. The molecule has 1 saturated heterocycles. The van der Waals surface area contributed by atoms with Gasteiger partial charge in [-0.15, -0.1) is 0 Å². The van der Waals surface area contributed by atoms with Gasteiger partial charge in [0.1, 0.15) is 0 Å².